The molecule has 3 rings (SSSR count). The Morgan fingerprint density at radius 2 is 2.28 bits per heavy atom. The summed E-state index contributed by atoms with van der Waals surface area (Å²) in [5, 5.41) is 4.68. The van der Waals surface area contributed by atoms with Crippen molar-refractivity contribution < 1.29 is 4.52 Å². The molecule has 3 aromatic rings. The second kappa shape index (κ2) is 4.91. The van der Waals surface area contributed by atoms with Crippen LogP contribution in [-0.4, -0.2) is 10.1 Å². The highest BCUT2D eigenvalue weighted by molar-refractivity contribution is 8.00. The third kappa shape index (κ3) is 2.53. The van der Waals surface area contributed by atoms with Crippen LogP contribution < -0.4 is 0 Å². The molecule has 0 bridgehead atoms. The van der Waals surface area contributed by atoms with Gasteiger partial charge in [-0.1, -0.05) is 28.5 Å². The van der Waals surface area contributed by atoms with Crippen LogP contribution >= 0.6 is 34.7 Å². The minimum absolute atomic E-state index is 0.719. The number of aryl methyl sites for hydroxylation is 1. The minimum Gasteiger partial charge on any atom is -0.361 e. The molecule has 0 aliphatic carbocycles. The van der Waals surface area contributed by atoms with Gasteiger partial charge in [-0.15, -0.1) is 11.3 Å². The molecule has 0 radical (unpaired) electrons. The lowest BCUT2D eigenvalue weighted by molar-refractivity contribution is 0.393. The highest BCUT2D eigenvalue weighted by Gasteiger charge is 2.07. The number of hydrogen-bond acceptors (Lipinski definition) is 5. The topological polar surface area (TPSA) is 38.9 Å². The van der Waals surface area contributed by atoms with Gasteiger partial charge in [0.25, 0.3) is 0 Å². The van der Waals surface area contributed by atoms with Gasteiger partial charge in [-0.2, -0.15) is 0 Å². The number of rotatable bonds is 3. The Hall–Kier alpha value is -1.04. The third-order valence-electron chi connectivity index (χ3n) is 2.35. The van der Waals surface area contributed by atoms with Crippen LogP contribution in [0, 0.1) is 6.92 Å². The molecule has 92 valence electrons. The number of thioether (sulfide) groups is 1. The fourth-order valence-corrected chi connectivity index (χ4v) is 3.66. The zero-order valence-corrected chi connectivity index (χ0v) is 11.9. The molecule has 0 saturated carbocycles. The van der Waals surface area contributed by atoms with Gasteiger partial charge in [0.1, 0.15) is 5.76 Å². The standard InChI is InChI=1S/C12H9ClN2OS2/c1-7-4-9(15-16-7)6-17-12-14-10-5-8(13)2-3-11(10)18-12/h2-5H,6H2,1H3. The molecule has 0 N–H and O–H groups in total. The van der Waals surface area contributed by atoms with E-state index in [1.54, 1.807) is 23.1 Å². The summed E-state index contributed by atoms with van der Waals surface area (Å²) in [5.41, 5.74) is 1.89. The molecular weight excluding hydrogens is 288 g/mol. The van der Waals surface area contributed by atoms with Crippen molar-refractivity contribution >= 4 is 44.9 Å². The van der Waals surface area contributed by atoms with E-state index in [1.165, 1.54) is 0 Å². The normalized spacial score (nSPS) is 11.2. The summed E-state index contributed by atoms with van der Waals surface area (Å²) in [6, 6.07) is 7.71. The maximum atomic E-state index is 5.94. The SMILES string of the molecule is Cc1cc(CSc2nc3cc(Cl)ccc3s2)no1. The monoisotopic (exact) mass is 296 g/mol. The summed E-state index contributed by atoms with van der Waals surface area (Å²) in [7, 11) is 0. The van der Waals surface area contributed by atoms with Crippen LogP contribution in [0.1, 0.15) is 11.5 Å². The van der Waals surface area contributed by atoms with Crippen LogP contribution in [0.4, 0.5) is 0 Å². The van der Waals surface area contributed by atoms with Crippen molar-refractivity contribution in [1.29, 1.82) is 0 Å². The maximum Gasteiger partial charge on any atom is 0.151 e. The first-order chi connectivity index (χ1) is 8.70. The van der Waals surface area contributed by atoms with Crippen LogP contribution in [0.15, 0.2) is 33.1 Å². The van der Waals surface area contributed by atoms with Crippen LogP contribution in [0.2, 0.25) is 5.02 Å². The Morgan fingerprint density at radius 1 is 1.39 bits per heavy atom. The van der Waals surface area contributed by atoms with Gasteiger partial charge in [-0.3, -0.25) is 0 Å². The number of nitrogens with zero attached hydrogens (tertiary/aromatic N) is 2. The molecule has 0 unspecified atom stereocenters. The second-order valence-corrected chi connectivity index (χ2v) is 6.50. The van der Waals surface area contributed by atoms with Crippen molar-refractivity contribution in [2.45, 2.75) is 17.0 Å². The van der Waals surface area contributed by atoms with E-state index in [9.17, 15) is 0 Å². The number of hydrogen-bond donors (Lipinski definition) is 0. The molecule has 0 saturated heterocycles. The Morgan fingerprint density at radius 3 is 3.06 bits per heavy atom. The summed E-state index contributed by atoms with van der Waals surface area (Å²) in [5.74, 6) is 1.60. The largest absolute Gasteiger partial charge is 0.361 e. The van der Waals surface area contributed by atoms with E-state index in [0.29, 0.717) is 0 Å². The predicted octanol–water partition coefficient (Wildman–Crippen LogP) is 4.54. The van der Waals surface area contributed by atoms with E-state index < -0.39 is 0 Å². The zero-order chi connectivity index (χ0) is 12.5. The average molecular weight is 297 g/mol. The van der Waals surface area contributed by atoms with Crippen molar-refractivity contribution in [1.82, 2.24) is 10.1 Å². The highest BCUT2D eigenvalue weighted by Crippen LogP contribution is 2.32. The lowest BCUT2D eigenvalue weighted by Crippen LogP contribution is -1.78. The van der Waals surface area contributed by atoms with Crippen LogP contribution in [0.5, 0.6) is 0 Å². The van der Waals surface area contributed by atoms with Crippen molar-refractivity contribution in [3.8, 4) is 0 Å². The van der Waals surface area contributed by atoms with Crippen LogP contribution in [0.3, 0.4) is 0 Å². The van der Waals surface area contributed by atoms with E-state index in [4.69, 9.17) is 16.1 Å². The van der Waals surface area contributed by atoms with E-state index in [0.717, 1.165) is 36.8 Å². The van der Waals surface area contributed by atoms with Gasteiger partial charge in [0.05, 0.1) is 15.9 Å². The first-order valence-corrected chi connectivity index (χ1v) is 7.50. The van der Waals surface area contributed by atoms with E-state index >= 15 is 0 Å². The average Bonchev–Trinajstić information content (AvgIpc) is 2.92. The van der Waals surface area contributed by atoms with Crippen LogP contribution in [-0.2, 0) is 5.75 Å². The number of fused-ring (bicyclic) bond motifs is 1. The summed E-state index contributed by atoms with van der Waals surface area (Å²) in [6.45, 7) is 1.89. The number of thiazole rings is 1. The summed E-state index contributed by atoms with van der Waals surface area (Å²) in [4.78, 5) is 4.53. The van der Waals surface area contributed by atoms with Gasteiger partial charge in [0.15, 0.2) is 4.34 Å². The van der Waals surface area contributed by atoms with Crippen molar-refractivity contribution in [2.24, 2.45) is 0 Å². The number of aromatic nitrogens is 2. The molecule has 0 fully saturated rings. The van der Waals surface area contributed by atoms with Crippen molar-refractivity contribution in [3.63, 3.8) is 0 Å². The zero-order valence-electron chi connectivity index (χ0n) is 9.51. The fraction of sp³-hybridized carbons (Fsp3) is 0.167. The third-order valence-corrected chi connectivity index (χ3v) is 4.80. The Balaban J connectivity index is 1.78. The van der Waals surface area contributed by atoms with Gasteiger partial charge in [0.2, 0.25) is 0 Å². The van der Waals surface area contributed by atoms with Gasteiger partial charge >= 0.3 is 0 Å². The highest BCUT2D eigenvalue weighted by atomic mass is 35.5. The summed E-state index contributed by atoms with van der Waals surface area (Å²) >= 11 is 9.27. The second-order valence-electron chi connectivity index (χ2n) is 3.81. The van der Waals surface area contributed by atoms with Crippen molar-refractivity contribution in [3.05, 3.63) is 40.7 Å². The van der Waals surface area contributed by atoms with Crippen molar-refractivity contribution in [2.75, 3.05) is 0 Å². The quantitative estimate of drug-likeness (QED) is 0.665. The Kier molecular flexibility index (Phi) is 3.28. The van der Waals surface area contributed by atoms with Gasteiger partial charge in [0, 0.05) is 16.8 Å². The fourth-order valence-electron chi connectivity index (χ4n) is 1.56. The van der Waals surface area contributed by atoms with Crippen LogP contribution in [0.25, 0.3) is 10.2 Å². The molecular formula is C12H9ClN2OS2. The molecule has 18 heavy (non-hydrogen) atoms. The van der Waals surface area contributed by atoms with E-state index in [2.05, 4.69) is 10.1 Å². The molecule has 3 nitrogen and oxygen atoms in total. The molecule has 0 spiro atoms. The Bertz CT molecular complexity index is 692. The minimum atomic E-state index is 0.719. The maximum absolute atomic E-state index is 5.94. The molecule has 0 amide bonds. The molecule has 2 heterocycles. The molecule has 0 aliphatic heterocycles. The first kappa shape index (κ1) is 12.0. The number of halogens is 1. The molecule has 2 aromatic heterocycles. The summed E-state index contributed by atoms with van der Waals surface area (Å²) in [6.07, 6.45) is 0. The number of benzene rings is 1. The van der Waals surface area contributed by atoms with E-state index in [1.807, 2.05) is 31.2 Å². The molecule has 6 heteroatoms. The van der Waals surface area contributed by atoms with Gasteiger partial charge in [-0.05, 0) is 25.1 Å². The lowest BCUT2D eigenvalue weighted by atomic mass is 10.3. The molecule has 0 aliphatic rings. The molecule has 1 aromatic carbocycles. The van der Waals surface area contributed by atoms with Gasteiger partial charge in [-0.25, -0.2) is 4.98 Å². The summed E-state index contributed by atoms with van der Waals surface area (Å²) < 4.78 is 7.20. The lowest BCUT2D eigenvalue weighted by Gasteiger charge is -1.90. The first-order valence-electron chi connectivity index (χ1n) is 5.32. The van der Waals surface area contributed by atoms with E-state index in [-0.39, 0.29) is 0 Å². The van der Waals surface area contributed by atoms with Gasteiger partial charge < -0.3 is 4.52 Å². The molecule has 0 atom stereocenters. The Labute approximate surface area is 117 Å². The predicted molar refractivity (Wildman–Crippen MR) is 75.4 cm³/mol. The smallest absolute Gasteiger partial charge is 0.151 e.